The van der Waals surface area contributed by atoms with Crippen LogP contribution >= 0.6 is 0 Å². The van der Waals surface area contributed by atoms with Gasteiger partial charge in [-0.3, -0.25) is 0 Å². The molecule has 14 heavy (non-hydrogen) atoms. The summed E-state index contributed by atoms with van der Waals surface area (Å²) in [6, 6.07) is 0. The van der Waals surface area contributed by atoms with Crippen LogP contribution in [0.3, 0.4) is 0 Å². The Morgan fingerprint density at radius 2 is 1.93 bits per heavy atom. The van der Waals surface area contributed by atoms with Crippen molar-refractivity contribution >= 4 is 0 Å². The minimum atomic E-state index is 0.170. The SMILES string of the molecule is Cc1nc(C)n(CCNC(C)(C)C)n1. The van der Waals surface area contributed by atoms with Crippen molar-refractivity contribution < 1.29 is 0 Å². The van der Waals surface area contributed by atoms with Crippen molar-refractivity contribution in [3.05, 3.63) is 11.6 Å². The number of nitrogens with one attached hydrogen (secondary N) is 1. The summed E-state index contributed by atoms with van der Waals surface area (Å²) in [6.07, 6.45) is 0. The van der Waals surface area contributed by atoms with Crippen LogP contribution in [0.25, 0.3) is 0 Å². The van der Waals surface area contributed by atoms with Crippen molar-refractivity contribution in [3.63, 3.8) is 0 Å². The van der Waals surface area contributed by atoms with Crippen LogP contribution < -0.4 is 5.32 Å². The highest BCUT2D eigenvalue weighted by Crippen LogP contribution is 1.99. The van der Waals surface area contributed by atoms with Gasteiger partial charge in [0, 0.05) is 12.1 Å². The van der Waals surface area contributed by atoms with Gasteiger partial charge < -0.3 is 5.32 Å². The van der Waals surface area contributed by atoms with Gasteiger partial charge >= 0.3 is 0 Å². The third-order valence-corrected chi connectivity index (χ3v) is 1.94. The quantitative estimate of drug-likeness (QED) is 0.792. The summed E-state index contributed by atoms with van der Waals surface area (Å²) in [4.78, 5) is 4.25. The predicted octanol–water partition coefficient (Wildman–Crippen LogP) is 1.28. The topological polar surface area (TPSA) is 42.7 Å². The Bertz CT molecular complexity index is 296. The molecule has 0 amide bonds. The van der Waals surface area contributed by atoms with E-state index in [0.717, 1.165) is 24.7 Å². The Hall–Kier alpha value is -0.900. The molecule has 1 N–H and O–H groups in total. The molecular formula is C10H20N4. The van der Waals surface area contributed by atoms with Crippen LogP contribution in [0.15, 0.2) is 0 Å². The number of aryl methyl sites for hydroxylation is 2. The summed E-state index contributed by atoms with van der Waals surface area (Å²) in [5, 5.41) is 7.71. The van der Waals surface area contributed by atoms with Gasteiger partial charge in [0.1, 0.15) is 11.6 Å². The van der Waals surface area contributed by atoms with Gasteiger partial charge in [-0.15, -0.1) is 0 Å². The lowest BCUT2D eigenvalue weighted by atomic mass is 10.1. The molecule has 0 aromatic carbocycles. The first kappa shape index (κ1) is 11.2. The second-order valence-electron chi connectivity index (χ2n) is 4.61. The summed E-state index contributed by atoms with van der Waals surface area (Å²) in [7, 11) is 0. The van der Waals surface area contributed by atoms with Gasteiger partial charge in [0.05, 0.1) is 6.54 Å². The zero-order valence-corrected chi connectivity index (χ0v) is 9.76. The number of rotatable bonds is 3. The maximum absolute atomic E-state index is 4.30. The van der Waals surface area contributed by atoms with Crippen molar-refractivity contribution in [2.75, 3.05) is 6.54 Å². The maximum atomic E-state index is 4.30. The van der Waals surface area contributed by atoms with Gasteiger partial charge in [-0.1, -0.05) is 0 Å². The molecule has 80 valence electrons. The fourth-order valence-electron chi connectivity index (χ4n) is 1.31. The molecule has 1 heterocycles. The monoisotopic (exact) mass is 196 g/mol. The van der Waals surface area contributed by atoms with E-state index in [4.69, 9.17) is 0 Å². The molecule has 0 aliphatic heterocycles. The first-order valence-electron chi connectivity index (χ1n) is 5.01. The third kappa shape index (κ3) is 3.46. The van der Waals surface area contributed by atoms with E-state index in [1.54, 1.807) is 0 Å². The molecule has 4 nitrogen and oxygen atoms in total. The Morgan fingerprint density at radius 1 is 1.29 bits per heavy atom. The van der Waals surface area contributed by atoms with E-state index in [1.165, 1.54) is 0 Å². The molecule has 0 spiro atoms. The normalized spacial score (nSPS) is 12.1. The number of aromatic nitrogens is 3. The minimum Gasteiger partial charge on any atom is -0.310 e. The van der Waals surface area contributed by atoms with E-state index >= 15 is 0 Å². The molecule has 0 aliphatic carbocycles. The van der Waals surface area contributed by atoms with E-state index in [2.05, 4.69) is 36.2 Å². The Kier molecular flexibility index (Phi) is 3.26. The first-order valence-corrected chi connectivity index (χ1v) is 5.01. The van der Waals surface area contributed by atoms with E-state index in [-0.39, 0.29) is 5.54 Å². The first-order chi connectivity index (χ1) is 6.38. The van der Waals surface area contributed by atoms with E-state index < -0.39 is 0 Å². The van der Waals surface area contributed by atoms with Crippen LogP contribution in [-0.2, 0) is 6.54 Å². The van der Waals surface area contributed by atoms with Crippen LogP contribution in [-0.4, -0.2) is 26.8 Å². The van der Waals surface area contributed by atoms with Crippen LogP contribution in [0.1, 0.15) is 32.4 Å². The largest absolute Gasteiger partial charge is 0.310 e. The summed E-state index contributed by atoms with van der Waals surface area (Å²) >= 11 is 0. The van der Waals surface area contributed by atoms with E-state index in [1.807, 2.05) is 18.5 Å². The second kappa shape index (κ2) is 4.09. The Labute approximate surface area is 85.7 Å². The van der Waals surface area contributed by atoms with Crippen molar-refractivity contribution in [1.29, 1.82) is 0 Å². The highest BCUT2D eigenvalue weighted by molar-refractivity contribution is 4.87. The average Bonchev–Trinajstić information content (AvgIpc) is 2.27. The lowest BCUT2D eigenvalue weighted by Crippen LogP contribution is -2.38. The fraction of sp³-hybridized carbons (Fsp3) is 0.800. The molecule has 0 atom stereocenters. The lowest BCUT2D eigenvalue weighted by molar-refractivity contribution is 0.402. The van der Waals surface area contributed by atoms with Crippen LogP contribution in [0.4, 0.5) is 0 Å². The molecule has 1 aromatic heterocycles. The zero-order valence-electron chi connectivity index (χ0n) is 9.76. The van der Waals surface area contributed by atoms with Crippen LogP contribution in [0, 0.1) is 13.8 Å². The van der Waals surface area contributed by atoms with Crippen molar-refractivity contribution in [2.24, 2.45) is 0 Å². The molecule has 0 fully saturated rings. The van der Waals surface area contributed by atoms with Gasteiger partial charge in [-0.25, -0.2) is 9.67 Å². The smallest absolute Gasteiger partial charge is 0.147 e. The highest BCUT2D eigenvalue weighted by Gasteiger charge is 2.08. The van der Waals surface area contributed by atoms with Gasteiger partial charge in [0.25, 0.3) is 0 Å². The second-order valence-corrected chi connectivity index (χ2v) is 4.61. The molecule has 0 unspecified atom stereocenters. The molecule has 1 rings (SSSR count). The standard InChI is InChI=1S/C10H20N4/c1-8-12-9(2)14(13-8)7-6-11-10(3,4)5/h11H,6-7H2,1-5H3. The lowest BCUT2D eigenvalue weighted by Gasteiger charge is -2.20. The van der Waals surface area contributed by atoms with E-state index in [9.17, 15) is 0 Å². The van der Waals surface area contributed by atoms with Gasteiger partial charge in [-0.2, -0.15) is 5.10 Å². The van der Waals surface area contributed by atoms with Crippen LogP contribution in [0.2, 0.25) is 0 Å². The molecule has 0 saturated heterocycles. The predicted molar refractivity (Wildman–Crippen MR) is 57.3 cm³/mol. The number of nitrogens with zero attached hydrogens (tertiary/aromatic N) is 3. The summed E-state index contributed by atoms with van der Waals surface area (Å²) in [6.45, 7) is 12.2. The molecule has 1 aromatic rings. The van der Waals surface area contributed by atoms with Gasteiger partial charge in [0.2, 0.25) is 0 Å². The molecule has 0 bridgehead atoms. The molecule has 0 aliphatic rings. The fourth-order valence-corrected chi connectivity index (χ4v) is 1.31. The van der Waals surface area contributed by atoms with E-state index in [0.29, 0.717) is 0 Å². The zero-order chi connectivity index (χ0) is 10.8. The van der Waals surface area contributed by atoms with Crippen molar-refractivity contribution in [1.82, 2.24) is 20.1 Å². The Balaban J connectivity index is 2.42. The average molecular weight is 196 g/mol. The molecular weight excluding hydrogens is 176 g/mol. The number of hydrogen-bond donors (Lipinski definition) is 1. The molecule has 4 heteroatoms. The number of hydrogen-bond acceptors (Lipinski definition) is 3. The molecule has 0 radical (unpaired) electrons. The van der Waals surface area contributed by atoms with Crippen molar-refractivity contribution in [2.45, 2.75) is 46.7 Å². The summed E-state index contributed by atoms with van der Waals surface area (Å²) < 4.78 is 1.94. The molecule has 0 saturated carbocycles. The maximum Gasteiger partial charge on any atom is 0.147 e. The van der Waals surface area contributed by atoms with Crippen molar-refractivity contribution in [3.8, 4) is 0 Å². The summed E-state index contributed by atoms with van der Waals surface area (Å²) in [5.74, 6) is 1.83. The van der Waals surface area contributed by atoms with Crippen LogP contribution in [0.5, 0.6) is 0 Å². The summed E-state index contributed by atoms with van der Waals surface area (Å²) in [5.41, 5.74) is 0.170. The van der Waals surface area contributed by atoms with Gasteiger partial charge in [-0.05, 0) is 34.6 Å². The Morgan fingerprint density at radius 3 is 2.36 bits per heavy atom. The minimum absolute atomic E-state index is 0.170. The van der Waals surface area contributed by atoms with Gasteiger partial charge in [0.15, 0.2) is 0 Å². The highest BCUT2D eigenvalue weighted by atomic mass is 15.3. The third-order valence-electron chi connectivity index (χ3n) is 1.94.